The predicted molar refractivity (Wildman–Crippen MR) is 79.0 cm³/mol. The van der Waals surface area contributed by atoms with Crippen molar-refractivity contribution in [3.63, 3.8) is 0 Å². The van der Waals surface area contributed by atoms with Crippen LogP contribution in [0.4, 0.5) is 0 Å². The Labute approximate surface area is 121 Å². The highest BCUT2D eigenvalue weighted by Gasteiger charge is 2.21. The van der Waals surface area contributed by atoms with Gasteiger partial charge in [-0.05, 0) is 37.8 Å². The van der Waals surface area contributed by atoms with Crippen LogP contribution in [-0.2, 0) is 11.3 Å². The quantitative estimate of drug-likeness (QED) is 0.779. The molecule has 0 aliphatic heterocycles. The molecule has 0 bridgehead atoms. The molecule has 1 fully saturated rings. The second kappa shape index (κ2) is 5.73. The topological polar surface area (TPSA) is 87.1 Å². The van der Waals surface area contributed by atoms with E-state index in [-0.39, 0.29) is 30.3 Å². The zero-order chi connectivity index (χ0) is 14.8. The number of amides is 1. The molecular weight excluding hydrogens is 270 g/mol. The number of rotatable bonds is 3. The minimum Gasteiger partial charge on any atom is -0.393 e. The maximum atomic E-state index is 12.1. The SMILES string of the molecule is O=C(Cn1c(=O)[nH]c2ccccc21)NC1CCC(O)CC1. The lowest BCUT2D eigenvalue weighted by Crippen LogP contribution is -2.41. The average Bonchev–Trinajstić information content (AvgIpc) is 2.78. The molecule has 1 amide bonds. The number of aromatic amines is 1. The van der Waals surface area contributed by atoms with Gasteiger partial charge in [-0.2, -0.15) is 0 Å². The number of benzene rings is 1. The van der Waals surface area contributed by atoms with Gasteiger partial charge in [0.15, 0.2) is 0 Å². The molecule has 2 aromatic rings. The van der Waals surface area contributed by atoms with Crippen LogP contribution >= 0.6 is 0 Å². The van der Waals surface area contributed by atoms with Gasteiger partial charge in [0.25, 0.3) is 0 Å². The van der Waals surface area contributed by atoms with Crippen molar-refractivity contribution >= 4 is 16.9 Å². The Kier molecular flexibility index (Phi) is 3.79. The number of hydrogen-bond acceptors (Lipinski definition) is 3. The van der Waals surface area contributed by atoms with E-state index in [1.165, 1.54) is 4.57 Å². The van der Waals surface area contributed by atoms with E-state index in [1.54, 1.807) is 0 Å². The predicted octanol–water partition coefficient (Wildman–Crippen LogP) is 0.749. The summed E-state index contributed by atoms with van der Waals surface area (Å²) in [4.78, 5) is 26.7. The fourth-order valence-electron chi connectivity index (χ4n) is 2.90. The molecule has 0 radical (unpaired) electrons. The summed E-state index contributed by atoms with van der Waals surface area (Å²) in [5, 5.41) is 12.4. The van der Waals surface area contributed by atoms with Gasteiger partial charge in [0.2, 0.25) is 5.91 Å². The Hall–Kier alpha value is -2.08. The van der Waals surface area contributed by atoms with Crippen LogP contribution in [0, 0.1) is 0 Å². The Morgan fingerprint density at radius 3 is 2.76 bits per heavy atom. The summed E-state index contributed by atoms with van der Waals surface area (Å²) >= 11 is 0. The summed E-state index contributed by atoms with van der Waals surface area (Å²) in [6, 6.07) is 7.41. The summed E-state index contributed by atoms with van der Waals surface area (Å²) in [6.07, 6.45) is 2.77. The van der Waals surface area contributed by atoms with Gasteiger partial charge in [-0.1, -0.05) is 12.1 Å². The molecule has 0 unspecified atom stereocenters. The van der Waals surface area contributed by atoms with E-state index in [0.717, 1.165) is 36.7 Å². The lowest BCUT2D eigenvalue weighted by atomic mass is 9.93. The highest BCUT2D eigenvalue weighted by atomic mass is 16.3. The van der Waals surface area contributed by atoms with Gasteiger partial charge in [0.05, 0.1) is 17.1 Å². The maximum absolute atomic E-state index is 12.1. The molecule has 1 aromatic heterocycles. The van der Waals surface area contributed by atoms with Gasteiger partial charge in [-0.15, -0.1) is 0 Å². The molecule has 0 saturated heterocycles. The number of fused-ring (bicyclic) bond motifs is 1. The molecule has 1 heterocycles. The number of aliphatic hydroxyl groups excluding tert-OH is 1. The molecular formula is C15H19N3O3. The number of carbonyl (C=O) groups is 1. The minimum absolute atomic E-state index is 0.0158. The van der Waals surface area contributed by atoms with E-state index in [9.17, 15) is 14.7 Å². The third kappa shape index (κ3) is 3.00. The van der Waals surface area contributed by atoms with E-state index >= 15 is 0 Å². The molecule has 21 heavy (non-hydrogen) atoms. The summed E-state index contributed by atoms with van der Waals surface area (Å²) in [5.74, 6) is -0.164. The van der Waals surface area contributed by atoms with Crippen LogP contribution in [0.25, 0.3) is 11.0 Å². The third-order valence-electron chi connectivity index (χ3n) is 4.05. The zero-order valence-corrected chi connectivity index (χ0v) is 11.7. The standard InChI is InChI=1S/C15H19N3O3/c19-11-7-5-10(6-8-11)16-14(20)9-18-13-4-2-1-3-12(13)17-15(18)21/h1-4,10-11,19H,5-9H2,(H,16,20)(H,17,21). The fourth-order valence-corrected chi connectivity index (χ4v) is 2.90. The highest BCUT2D eigenvalue weighted by molar-refractivity contribution is 5.80. The molecule has 1 aromatic carbocycles. The number of imidazole rings is 1. The van der Waals surface area contributed by atoms with Crippen LogP contribution in [0.3, 0.4) is 0 Å². The molecule has 112 valence electrons. The third-order valence-corrected chi connectivity index (χ3v) is 4.05. The summed E-state index contributed by atoms with van der Waals surface area (Å²) in [5.41, 5.74) is 1.19. The molecule has 3 rings (SSSR count). The molecule has 0 spiro atoms. The lowest BCUT2D eigenvalue weighted by molar-refractivity contribution is -0.122. The number of nitrogens with zero attached hydrogens (tertiary/aromatic N) is 1. The first-order valence-electron chi connectivity index (χ1n) is 7.28. The van der Waals surface area contributed by atoms with E-state index in [4.69, 9.17) is 0 Å². The number of aromatic nitrogens is 2. The second-order valence-corrected chi connectivity index (χ2v) is 5.61. The van der Waals surface area contributed by atoms with Gasteiger partial charge >= 0.3 is 5.69 Å². The van der Waals surface area contributed by atoms with E-state index in [0.29, 0.717) is 0 Å². The number of aliphatic hydroxyl groups is 1. The van der Waals surface area contributed by atoms with Crippen molar-refractivity contribution < 1.29 is 9.90 Å². The average molecular weight is 289 g/mol. The lowest BCUT2D eigenvalue weighted by Gasteiger charge is -2.26. The molecule has 6 nitrogen and oxygen atoms in total. The molecule has 1 saturated carbocycles. The fraction of sp³-hybridized carbons (Fsp3) is 0.467. The molecule has 3 N–H and O–H groups in total. The number of carbonyl (C=O) groups excluding carboxylic acids is 1. The summed E-state index contributed by atoms with van der Waals surface area (Å²) < 4.78 is 1.45. The molecule has 1 aliphatic carbocycles. The summed E-state index contributed by atoms with van der Waals surface area (Å²) in [6.45, 7) is 0.0158. The van der Waals surface area contributed by atoms with Crippen LogP contribution in [-0.4, -0.2) is 32.7 Å². The van der Waals surface area contributed by atoms with E-state index in [1.807, 2.05) is 24.3 Å². The van der Waals surface area contributed by atoms with Crippen molar-refractivity contribution in [1.82, 2.24) is 14.9 Å². The van der Waals surface area contributed by atoms with Crippen LogP contribution < -0.4 is 11.0 Å². The molecule has 6 heteroatoms. The van der Waals surface area contributed by atoms with Crippen molar-refractivity contribution in [2.24, 2.45) is 0 Å². The van der Waals surface area contributed by atoms with E-state index in [2.05, 4.69) is 10.3 Å². The van der Waals surface area contributed by atoms with Gasteiger partial charge < -0.3 is 15.4 Å². The van der Waals surface area contributed by atoms with Crippen LogP contribution in [0.2, 0.25) is 0 Å². The van der Waals surface area contributed by atoms with Gasteiger partial charge in [0.1, 0.15) is 6.54 Å². The first-order chi connectivity index (χ1) is 10.1. The smallest absolute Gasteiger partial charge is 0.326 e. The first-order valence-corrected chi connectivity index (χ1v) is 7.28. The van der Waals surface area contributed by atoms with Crippen LogP contribution in [0.15, 0.2) is 29.1 Å². The second-order valence-electron chi connectivity index (χ2n) is 5.61. The van der Waals surface area contributed by atoms with Crippen LogP contribution in [0.5, 0.6) is 0 Å². The van der Waals surface area contributed by atoms with Gasteiger partial charge in [0, 0.05) is 6.04 Å². The molecule has 0 atom stereocenters. The number of nitrogens with one attached hydrogen (secondary N) is 2. The monoisotopic (exact) mass is 289 g/mol. The first kappa shape index (κ1) is 13.9. The van der Waals surface area contributed by atoms with Gasteiger partial charge in [-0.25, -0.2) is 4.79 Å². The highest BCUT2D eigenvalue weighted by Crippen LogP contribution is 2.18. The van der Waals surface area contributed by atoms with Crippen molar-refractivity contribution in [1.29, 1.82) is 0 Å². The van der Waals surface area contributed by atoms with Crippen molar-refractivity contribution in [3.05, 3.63) is 34.7 Å². The number of H-pyrrole nitrogens is 1. The Balaban J connectivity index is 1.69. The van der Waals surface area contributed by atoms with E-state index < -0.39 is 0 Å². The van der Waals surface area contributed by atoms with Crippen molar-refractivity contribution in [2.75, 3.05) is 0 Å². The maximum Gasteiger partial charge on any atom is 0.326 e. The Morgan fingerprint density at radius 1 is 1.29 bits per heavy atom. The Morgan fingerprint density at radius 2 is 2.00 bits per heavy atom. The molecule has 1 aliphatic rings. The zero-order valence-electron chi connectivity index (χ0n) is 11.7. The number of hydrogen-bond donors (Lipinski definition) is 3. The Bertz CT molecular complexity index is 695. The van der Waals surface area contributed by atoms with Gasteiger partial charge in [-0.3, -0.25) is 9.36 Å². The van der Waals surface area contributed by atoms with Crippen molar-refractivity contribution in [3.8, 4) is 0 Å². The number of para-hydroxylation sites is 2. The van der Waals surface area contributed by atoms with Crippen LogP contribution in [0.1, 0.15) is 25.7 Å². The minimum atomic E-state index is -0.273. The summed E-state index contributed by atoms with van der Waals surface area (Å²) in [7, 11) is 0. The largest absolute Gasteiger partial charge is 0.393 e. The van der Waals surface area contributed by atoms with Crippen molar-refractivity contribution in [2.45, 2.75) is 44.4 Å². The normalized spacial score (nSPS) is 22.3.